The predicted octanol–water partition coefficient (Wildman–Crippen LogP) is 2.74. The van der Waals surface area contributed by atoms with E-state index < -0.39 is 14.6 Å². The van der Waals surface area contributed by atoms with E-state index in [0.717, 1.165) is 31.3 Å². The van der Waals surface area contributed by atoms with Gasteiger partial charge in [0.15, 0.2) is 15.8 Å². The lowest BCUT2D eigenvalue weighted by molar-refractivity contribution is 0.271. The minimum Gasteiger partial charge on any atom is -0.493 e. The van der Waals surface area contributed by atoms with E-state index in [1.165, 1.54) is 5.56 Å². The lowest BCUT2D eigenvalue weighted by atomic mass is 10.1. The quantitative estimate of drug-likeness (QED) is 0.554. The molecule has 0 aromatic heterocycles. The lowest BCUT2D eigenvalue weighted by Gasteiger charge is -2.39. The van der Waals surface area contributed by atoms with Gasteiger partial charge in [-0.05, 0) is 50.8 Å². The fourth-order valence-corrected chi connectivity index (χ4v) is 4.42. The fraction of sp³-hybridized carbons (Fsp3) is 0.667. The zero-order valence-corrected chi connectivity index (χ0v) is 18.7. The van der Waals surface area contributed by atoms with E-state index >= 15 is 0 Å². The number of aliphatic imine (C=N–C) groups is 1. The van der Waals surface area contributed by atoms with E-state index in [0.29, 0.717) is 25.6 Å². The van der Waals surface area contributed by atoms with Gasteiger partial charge in [-0.3, -0.25) is 4.99 Å². The van der Waals surface area contributed by atoms with Gasteiger partial charge in [-0.1, -0.05) is 26.0 Å². The molecule has 0 aliphatic carbocycles. The van der Waals surface area contributed by atoms with Gasteiger partial charge in [0.2, 0.25) is 0 Å². The van der Waals surface area contributed by atoms with E-state index in [4.69, 9.17) is 9.73 Å². The van der Waals surface area contributed by atoms with Crippen LogP contribution in [0.2, 0.25) is 0 Å². The summed E-state index contributed by atoms with van der Waals surface area (Å²) in [6.07, 6.45) is 0.828. The molecule has 1 aromatic rings. The number of nitrogens with zero attached hydrogens (tertiary/aromatic N) is 2. The van der Waals surface area contributed by atoms with Crippen molar-refractivity contribution in [3.05, 3.63) is 29.8 Å². The number of sulfone groups is 1. The molecule has 1 heterocycles. The summed E-state index contributed by atoms with van der Waals surface area (Å²) in [6, 6.07) is 8.17. The number of benzene rings is 1. The third kappa shape index (κ3) is 6.12. The Morgan fingerprint density at radius 1 is 1.29 bits per heavy atom. The van der Waals surface area contributed by atoms with Crippen LogP contribution >= 0.6 is 0 Å². The van der Waals surface area contributed by atoms with Crippen LogP contribution in [-0.4, -0.2) is 62.6 Å². The van der Waals surface area contributed by atoms with Crippen LogP contribution in [-0.2, 0) is 16.3 Å². The molecule has 0 spiro atoms. The molecule has 1 aliphatic rings. The van der Waals surface area contributed by atoms with Crippen molar-refractivity contribution in [2.24, 2.45) is 10.9 Å². The number of hydrogen-bond acceptors (Lipinski definition) is 4. The molecule has 7 heteroatoms. The number of hydrogen-bond donors (Lipinski definition) is 1. The number of nitrogens with one attached hydrogen (secondary N) is 1. The minimum absolute atomic E-state index is 0.169. The molecule has 0 unspecified atom stereocenters. The van der Waals surface area contributed by atoms with Gasteiger partial charge < -0.3 is 15.0 Å². The fourth-order valence-electron chi connectivity index (χ4n) is 3.06. The van der Waals surface area contributed by atoms with E-state index in [9.17, 15) is 8.42 Å². The van der Waals surface area contributed by atoms with Crippen molar-refractivity contribution < 1.29 is 13.2 Å². The van der Waals surface area contributed by atoms with Crippen molar-refractivity contribution in [2.75, 3.05) is 38.5 Å². The normalized spacial score (nSPS) is 18.9. The van der Waals surface area contributed by atoms with Crippen LogP contribution in [0.25, 0.3) is 0 Å². The smallest absolute Gasteiger partial charge is 0.194 e. The highest BCUT2D eigenvalue weighted by atomic mass is 32.2. The van der Waals surface area contributed by atoms with E-state index in [-0.39, 0.29) is 5.75 Å². The van der Waals surface area contributed by atoms with Gasteiger partial charge in [0, 0.05) is 26.2 Å². The van der Waals surface area contributed by atoms with Crippen molar-refractivity contribution in [2.45, 2.75) is 45.8 Å². The first kappa shape index (κ1) is 22.5. The molecule has 0 saturated carbocycles. The molecule has 28 heavy (non-hydrogen) atoms. The second-order valence-corrected chi connectivity index (χ2v) is 11.1. The molecular formula is C21H35N3O3S. The highest BCUT2D eigenvalue weighted by Crippen LogP contribution is 2.23. The lowest BCUT2D eigenvalue weighted by Crippen LogP contribution is -2.57. The summed E-state index contributed by atoms with van der Waals surface area (Å²) in [5.41, 5.74) is 1.21. The Kier molecular flexibility index (Phi) is 7.75. The summed E-state index contributed by atoms with van der Waals surface area (Å²) < 4.78 is 29.4. The van der Waals surface area contributed by atoms with Gasteiger partial charge in [0.25, 0.3) is 0 Å². The molecule has 0 radical (unpaired) electrons. The van der Waals surface area contributed by atoms with Gasteiger partial charge in [0.1, 0.15) is 5.75 Å². The number of guanidine groups is 1. The first-order valence-corrected chi connectivity index (χ1v) is 11.8. The van der Waals surface area contributed by atoms with Crippen molar-refractivity contribution in [3.63, 3.8) is 0 Å². The highest BCUT2D eigenvalue weighted by Gasteiger charge is 2.40. The number of rotatable bonds is 7. The second kappa shape index (κ2) is 9.63. The standard InChI is InChI=1S/C21H35N3O3S/c1-6-22-20(24-13-14-28(25,26)21(4,5)16-24)23-12-11-18-7-9-19(10-8-18)27-15-17(2)3/h7-10,17H,6,11-16H2,1-5H3,(H,22,23). The molecule has 0 amide bonds. The number of ether oxygens (including phenoxy) is 1. The predicted molar refractivity (Wildman–Crippen MR) is 116 cm³/mol. The first-order chi connectivity index (χ1) is 13.1. The Balaban J connectivity index is 1.96. The van der Waals surface area contributed by atoms with Crippen LogP contribution in [0.1, 0.15) is 40.2 Å². The minimum atomic E-state index is -3.06. The third-order valence-electron chi connectivity index (χ3n) is 4.85. The van der Waals surface area contributed by atoms with Crippen LogP contribution in [0.5, 0.6) is 5.75 Å². The summed E-state index contributed by atoms with van der Waals surface area (Å²) in [7, 11) is -3.06. The van der Waals surface area contributed by atoms with E-state index in [1.807, 2.05) is 19.1 Å². The topological polar surface area (TPSA) is 71.0 Å². The summed E-state index contributed by atoms with van der Waals surface area (Å²) in [5.74, 6) is 2.36. The third-order valence-corrected chi connectivity index (χ3v) is 7.38. The van der Waals surface area contributed by atoms with Crippen molar-refractivity contribution >= 4 is 15.8 Å². The summed E-state index contributed by atoms with van der Waals surface area (Å²) in [4.78, 5) is 6.80. The zero-order valence-electron chi connectivity index (χ0n) is 17.9. The first-order valence-electron chi connectivity index (χ1n) is 10.1. The molecule has 0 atom stereocenters. The van der Waals surface area contributed by atoms with Crippen LogP contribution < -0.4 is 10.1 Å². The molecular weight excluding hydrogens is 374 g/mol. The molecule has 1 fully saturated rings. The Hall–Kier alpha value is -1.76. The highest BCUT2D eigenvalue weighted by molar-refractivity contribution is 7.92. The van der Waals surface area contributed by atoms with Gasteiger partial charge >= 0.3 is 0 Å². The monoisotopic (exact) mass is 409 g/mol. The Bertz CT molecular complexity index is 756. The summed E-state index contributed by atoms with van der Waals surface area (Å²) in [6.45, 7) is 12.9. The van der Waals surface area contributed by atoms with Crippen LogP contribution in [0.3, 0.4) is 0 Å². The van der Waals surface area contributed by atoms with Crippen LogP contribution in [0, 0.1) is 5.92 Å². The van der Waals surface area contributed by atoms with Gasteiger partial charge in [0.05, 0.1) is 17.1 Å². The maximum Gasteiger partial charge on any atom is 0.194 e. The van der Waals surface area contributed by atoms with Gasteiger partial charge in [-0.25, -0.2) is 8.42 Å². The molecule has 1 N–H and O–H groups in total. The molecule has 1 aliphatic heterocycles. The van der Waals surface area contributed by atoms with Crippen molar-refractivity contribution in [3.8, 4) is 5.75 Å². The molecule has 0 bridgehead atoms. The Morgan fingerprint density at radius 3 is 2.54 bits per heavy atom. The summed E-state index contributed by atoms with van der Waals surface area (Å²) in [5, 5.41) is 3.30. The van der Waals surface area contributed by atoms with Crippen LogP contribution in [0.4, 0.5) is 0 Å². The maximum atomic E-state index is 12.2. The Morgan fingerprint density at radius 2 is 1.96 bits per heavy atom. The SMILES string of the molecule is CCNC(=NCCc1ccc(OCC(C)C)cc1)N1CCS(=O)(=O)C(C)(C)C1. The molecule has 158 valence electrons. The van der Waals surface area contributed by atoms with Crippen molar-refractivity contribution in [1.29, 1.82) is 0 Å². The average molecular weight is 410 g/mol. The van der Waals surface area contributed by atoms with Crippen molar-refractivity contribution in [1.82, 2.24) is 10.2 Å². The zero-order chi connectivity index (χ0) is 20.8. The largest absolute Gasteiger partial charge is 0.493 e. The van der Waals surface area contributed by atoms with E-state index in [1.54, 1.807) is 13.8 Å². The summed E-state index contributed by atoms with van der Waals surface area (Å²) >= 11 is 0. The molecule has 2 rings (SSSR count). The van der Waals surface area contributed by atoms with E-state index in [2.05, 4.69) is 36.2 Å². The van der Waals surface area contributed by atoms with Crippen LogP contribution in [0.15, 0.2) is 29.3 Å². The molecule has 6 nitrogen and oxygen atoms in total. The average Bonchev–Trinajstić information content (AvgIpc) is 2.62. The Labute approximate surface area is 170 Å². The van der Waals surface area contributed by atoms with Gasteiger partial charge in [-0.15, -0.1) is 0 Å². The second-order valence-electron chi connectivity index (χ2n) is 8.33. The molecule has 1 saturated heterocycles. The maximum absolute atomic E-state index is 12.2. The molecule has 1 aromatic carbocycles. The van der Waals surface area contributed by atoms with Gasteiger partial charge in [-0.2, -0.15) is 0 Å².